The van der Waals surface area contributed by atoms with Gasteiger partial charge in [-0.1, -0.05) is 24.3 Å². The molecule has 0 unspecified atom stereocenters. The number of pyridine rings is 1. The summed E-state index contributed by atoms with van der Waals surface area (Å²) in [5, 5.41) is 5.24. The fraction of sp³-hybridized carbons (Fsp3) is 0.412. The number of hydrogen-bond acceptors (Lipinski definition) is 6. The van der Waals surface area contributed by atoms with Crippen molar-refractivity contribution in [3.8, 4) is 0 Å². The molecule has 1 fully saturated rings. The molecule has 3 aromatic heterocycles. The maximum Gasteiger partial charge on any atom is 0.275 e. The minimum absolute atomic E-state index is 0.0977. The number of likely N-dealkylation sites (tertiary alicyclic amines) is 1. The van der Waals surface area contributed by atoms with Gasteiger partial charge in [-0.25, -0.2) is 4.98 Å². The lowest BCUT2D eigenvalue weighted by molar-refractivity contribution is 0.241. The van der Waals surface area contributed by atoms with E-state index >= 15 is 0 Å². The normalized spacial score (nSPS) is 18.5. The molecule has 0 amide bonds. The van der Waals surface area contributed by atoms with Crippen molar-refractivity contribution in [2.45, 2.75) is 38.8 Å². The number of aryl methyl sites for hydroxylation is 1. The Bertz CT molecular complexity index is 904. The van der Waals surface area contributed by atoms with Crippen LogP contribution < -0.4 is 5.56 Å². The molecule has 0 N–H and O–H groups in total. The minimum Gasteiger partial charge on any atom is -0.289 e. The van der Waals surface area contributed by atoms with E-state index in [-0.39, 0.29) is 5.56 Å². The Kier molecular flexibility index (Phi) is 4.12. The molecule has 24 heavy (non-hydrogen) atoms. The lowest BCUT2D eigenvalue weighted by Crippen LogP contribution is -2.25. The highest BCUT2D eigenvalue weighted by molar-refractivity contribution is 7.16. The molecule has 0 saturated carbocycles. The summed E-state index contributed by atoms with van der Waals surface area (Å²) >= 11 is 1.49. The van der Waals surface area contributed by atoms with Crippen LogP contribution in [0.15, 0.2) is 35.3 Å². The molecule has 1 atom stereocenters. The first-order valence-corrected chi connectivity index (χ1v) is 9.10. The van der Waals surface area contributed by atoms with Gasteiger partial charge in [0.05, 0.1) is 17.4 Å². The van der Waals surface area contributed by atoms with Crippen LogP contribution >= 0.6 is 11.3 Å². The Morgan fingerprint density at radius 1 is 1.38 bits per heavy atom. The second kappa shape index (κ2) is 6.41. The second-order valence-electron chi connectivity index (χ2n) is 6.01. The highest BCUT2D eigenvalue weighted by atomic mass is 32.1. The molecule has 1 saturated heterocycles. The Morgan fingerprint density at radius 3 is 3.08 bits per heavy atom. The zero-order valence-corrected chi connectivity index (χ0v) is 14.4. The van der Waals surface area contributed by atoms with E-state index in [1.807, 2.05) is 25.3 Å². The van der Waals surface area contributed by atoms with Crippen LogP contribution in [0.3, 0.4) is 0 Å². The molecule has 4 rings (SSSR count). The van der Waals surface area contributed by atoms with E-state index in [4.69, 9.17) is 0 Å². The molecule has 3 aromatic rings. The maximum absolute atomic E-state index is 12.3. The van der Waals surface area contributed by atoms with Crippen molar-refractivity contribution in [1.29, 1.82) is 0 Å². The second-order valence-corrected chi connectivity index (χ2v) is 7.05. The molecule has 0 aromatic carbocycles. The third kappa shape index (κ3) is 2.85. The van der Waals surface area contributed by atoms with Gasteiger partial charge in [-0.05, 0) is 37.9 Å². The smallest absolute Gasteiger partial charge is 0.275 e. The number of hydrogen-bond donors (Lipinski definition) is 0. The number of aromatic nitrogens is 4. The average molecular weight is 341 g/mol. The van der Waals surface area contributed by atoms with Gasteiger partial charge < -0.3 is 0 Å². The van der Waals surface area contributed by atoms with Crippen molar-refractivity contribution in [2.75, 3.05) is 6.54 Å². The van der Waals surface area contributed by atoms with E-state index in [1.54, 1.807) is 6.07 Å². The summed E-state index contributed by atoms with van der Waals surface area (Å²) < 4.78 is 1.41. The largest absolute Gasteiger partial charge is 0.289 e. The van der Waals surface area contributed by atoms with Crippen molar-refractivity contribution >= 4 is 16.3 Å². The molecular weight excluding hydrogens is 322 g/mol. The molecule has 4 heterocycles. The summed E-state index contributed by atoms with van der Waals surface area (Å²) in [6.07, 6.45) is 4.89. The molecule has 0 aliphatic carbocycles. The minimum atomic E-state index is -0.0977. The van der Waals surface area contributed by atoms with Gasteiger partial charge in [0, 0.05) is 18.8 Å². The first kappa shape index (κ1) is 15.4. The maximum atomic E-state index is 12.3. The number of rotatable bonds is 4. The summed E-state index contributed by atoms with van der Waals surface area (Å²) in [4.78, 5) is 24.5. The Balaban J connectivity index is 1.62. The van der Waals surface area contributed by atoms with Crippen molar-refractivity contribution in [2.24, 2.45) is 0 Å². The molecule has 0 bridgehead atoms. The highest BCUT2D eigenvalue weighted by Gasteiger charge is 2.27. The molecule has 6 nitrogen and oxygen atoms in total. The first-order valence-electron chi connectivity index (χ1n) is 8.28. The number of fused-ring (bicyclic) bond motifs is 1. The molecule has 1 aliphatic heterocycles. The van der Waals surface area contributed by atoms with Gasteiger partial charge in [0.2, 0.25) is 4.96 Å². The summed E-state index contributed by atoms with van der Waals surface area (Å²) in [5.41, 5.74) is 1.81. The van der Waals surface area contributed by atoms with Gasteiger partial charge in [0.1, 0.15) is 5.01 Å². The standard InChI is InChI=1S/C17H19N5OS/c1-2-15-20-22-16(23)10-12(19-17(22)24-15)11-21-9-5-7-14(21)13-6-3-4-8-18-13/h3-4,6,8,10,14H,2,5,7,9,11H2,1H3/t14-/m0/s1. The van der Waals surface area contributed by atoms with E-state index in [2.05, 4.69) is 26.0 Å². The topological polar surface area (TPSA) is 63.4 Å². The van der Waals surface area contributed by atoms with Crippen molar-refractivity contribution in [1.82, 2.24) is 24.5 Å². The van der Waals surface area contributed by atoms with Crippen LogP contribution in [0.1, 0.15) is 42.2 Å². The van der Waals surface area contributed by atoms with Crippen LogP contribution in [0, 0.1) is 0 Å². The number of nitrogens with zero attached hydrogens (tertiary/aromatic N) is 5. The molecule has 7 heteroatoms. The predicted molar refractivity (Wildman–Crippen MR) is 93.1 cm³/mol. The summed E-state index contributed by atoms with van der Waals surface area (Å²) in [5.74, 6) is 0. The van der Waals surface area contributed by atoms with E-state index in [1.165, 1.54) is 15.9 Å². The van der Waals surface area contributed by atoms with Gasteiger partial charge >= 0.3 is 0 Å². The molecule has 124 valence electrons. The van der Waals surface area contributed by atoms with E-state index in [0.717, 1.165) is 42.2 Å². The van der Waals surface area contributed by atoms with Gasteiger partial charge in [-0.3, -0.25) is 14.7 Å². The van der Waals surface area contributed by atoms with Crippen molar-refractivity contribution < 1.29 is 0 Å². The quantitative estimate of drug-likeness (QED) is 0.729. The van der Waals surface area contributed by atoms with Crippen molar-refractivity contribution in [3.63, 3.8) is 0 Å². The lowest BCUT2D eigenvalue weighted by atomic mass is 10.1. The fourth-order valence-electron chi connectivity index (χ4n) is 3.25. The van der Waals surface area contributed by atoms with E-state index in [9.17, 15) is 4.79 Å². The third-order valence-electron chi connectivity index (χ3n) is 4.40. The monoisotopic (exact) mass is 341 g/mol. The average Bonchev–Trinajstić information content (AvgIpc) is 3.22. The third-order valence-corrected chi connectivity index (χ3v) is 5.45. The molecule has 0 radical (unpaired) electrons. The van der Waals surface area contributed by atoms with E-state index in [0.29, 0.717) is 17.5 Å². The van der Waals surface area contributed by atoms with Gasteiger partial charge in [-0.2, -0.15) is 9.61 Å². The van der Waals surface area contributed by atoms with Crippen LogP contribution in [-0.4, -0.2) is 31.0 Å². The Morgan fingerprint density at radius 2 is 2.29 bits per heavy atom. The molecule has 1 aliphatic rings. The lowest BCUT2D eigenvalue weighted by Gasteiger charge is -2.23. The van der Waals surface area contributed by atoms with Crippen LogP contribution in [0.2, 0.25) is 0 Å². The Labute approximate surface area is 143 Å². The van der Waals surface area contributed by atoms with Crippen LogP contribution in [0.25, 0.3) is 4.96 Å². The summed E-state index contributed by atoms with van der Waals surface area (Å²) in [6, 6.07) is 7.96. The van der Waals surface area contributed by atoms with Crippen LogP contribution in [0.4, 0.5) is 0 Å². The molecule has 0 spiro atoms. The fourth-order valence-corrected chi connectivity index (χ4v) is 4.11. The first-order chi connectivity index (χ1) is 11.7. The zero-order chi connectivity index (χ0) is 16.5. The highest BCUT2D eigenvalue weighted by Crippen LogP contribution is 2.31. The van der Waals surface area contributed by atoms with Crippen molar-refractivity contribution in [3.05, 3.63) is 57.2 Å². The summed E-state index contributed by atoms with van der Waals surface area (Å²) in [6.45, 7) is 3.71. The van der Waals surface area contributed by atoms with E-state index < -0.39 is 0 Å². The molecular formula is C17H19N5OS. The zero-order valence-electron chi connectivity index (χ0n) is 13.6. The Hall–Kier alpha value is -2.12. The van der Waals surface area contributed by atoms with Gasteiger partial charge in [-0.15, -0.1) is 0 Å². The van der Waals surface area contributed by atoms with Gasteiger partial charge in [0.15, 0.2) is 0 Å². The summed E-state index contributed by atoms with van der Waals surface area (Å²) in [7, 11) is 0. The SMILES string of the molecule is CCc1nn2c(=O)cc(CN3CCC[C@H]3c3ccccn3)nc2s1. The van der Waals surface area contributed by atoms with Crippen LogP contribution in [0.5, 0.6) is 0 Å². The van der Waals surface area contributed by atoms with Gasteiger partial charge in [0.25, 0.3) is 5.56 Å². The van der Waals surface area contributed by atoms with Crippen LogP contribution in [-0.2, 0) is 13.0 Å². The predicted octanol–water partition coefficient (Wildman–Crippen LogP) is 2.45.